The number of carbonyl (C=O) groups excluding carboxylic acids is 1. The standard InChI is InChI=1S/C33H31Cl3F2N6O3/c1-7-21(45)43-16(5)12-42(13-17(43)6)30-18-10-20(34)28(22-23(35)31(46)26(38)24(36)25(22)37)41-32(18)44(33(47)19(30)11-39)29-15(4)8-9-40-27(29)14(2)3/h7-10,14,16-17,27,40,46H,1,12-13H2,2-6H3/t16-,17+,27-/m1/s1. The number of anilines is 1. The smallest absolute Gasteiger partial charge is 0.276 e. The minimum absolute atomic E-state index is 0.000748. The maximum absolute atomic E-state index is 15.6. The monoisotopic (exact) mass is 702 g/mol. The molecule has 2 aliphatic rings. The Morgan fingerprint density at radius 3 is 2.40 bits per heavy atom. The number of fused-ring (bicyclic) bond motifs is 1. The number of hydrogen-bond donors (Lipinski definition) is 2. The Hall–Kier alpha value is -4.11. The lowest BCUT2D eigenvalue weighted by atomic mass is 9.94. The van der Waals surface area contributed by atoms with E-state index in [4.69, 9.17) is 34.8 Å². The first-order valence-electron chi connectivity index (χ1n) is 14.7. The normalized spacial score (nSPS) is 19.7. The molecule has 47 heavy (non-hydrogen) atoms. The number of phenolic OH excluding ortho intramolecular Hbond substituents is 1. The molecule has 2 aromatic heterocycles. The molecule has 0 radical (unpaired) electrons. The molecule has 3 aromatic rings. The van der Waals surface area contributed by atoms with Gasteiger partial charge in [-0.2, -0.15) is 5.26 Å². The van der Waals surface area contributed by atoms with Crippen LogP contribution in [0, 0.1) is 28.9 Å². The van der Waals surface area contributed by atoms with Gasteiger partial charge < -0.3 is 20.2 Å². The van der Waals surface area contributed by atoms with Crippen molar-refractivity contribution < 1.29 is 18.7 Å². The van der Waals surface area contributed by atoms with Gasteiger partial charge in [0, 0.05) is 30.6 Å². The molecule has 2 N–H and O–H groups in total. The van der Waals surface area contributed by atoms with Crippen LogP contribution in [0.15, 0.2) is 41.4 Å². The molecule has 1 fully saturated rings. The molecule has 246 valence electrons. The number of dihydropyridines is 1. The van der Waals surface area contributed by atoms with E-state index in [0.717, 1.165) is 0 Å². The average molecular weight is 704 g/mol. The van der Waals surface area contributed by atoms with Crippen LogP contribution in [0.4, 0.5) is 14.5 Å². The minimum Gasteiger partial charge on any atom is -0.504 e. The summed E-state index contributed by atoms with van der Waals surface area (Å²) < 4.78 is 31.3. The molecule has 9 nitrogen and oxygen atoms in total. The van der Waals surface area contributed by atoms with Gasteiger partial charge in [0.1, 0.15) is 22.3 Å². The van der Waals surface area contributed by atoms with Crippen molar-refractivity contribution >= 4 is 63.1 Å². The Morgan fingerprint density at radius 1 is 1.19 bits per heavy atom. The van der Waals surface area contributed by atoms with Crippen LogP contribution < -0.4 is 15.8 Å². The lowest BCUT2D eigenvalue weighted by Gasteiger charge is -2.45. The lowest BCUT2D eigenvalue weighted by Crippen LogP contribution is -2.58. The predicted octanol–water partition coefficient (Wildman–Crippen LogP) is 6.86. The highest BCUT2D eigenvalue weighted by molar-refractivity contribution is 6.39. The summed E-state index contributed by atoms with van der Waals surface area (Å²) in [4.78, 5) is 35.4. The van der Waals surface area contributed by atoms with Crippen LogP contribution in [-0.4, -0.2) is 56.7 Å². The van der Waals surface area contributed by atoms with Crippen LogP contribution >= 0.6 is 34.8 Å². The van der Waals surface area contributed by atoms with Gasteiger partial charge in [-0.3, -0.25) is 14.2 Å². The highest BCUT2D eigenvalue weighted by Gasteiger charge is 2.36. The molecule has 1 saturated heterocycles. The Balaban J connectivity index is 1.92. The van der Waals surface area contributed by atoms with Crippen molar-refractivity contribution in [3.8, 4) is 23.1 Å². The molecule has 0 bridgehead atoms. The van der Waals surface area contributed by atoms with Crippen LogP contribution in [0.5, 0.6) is 5.75 Å². The molecule has 0 saturated carbocycles. The van der Waals surface area contributed by atoms with Gasteiger partial charge >= 0.3 is 0 Å². The molecule has 1 amide bonds. The second-order valence-electron chi connectivity index (χ2n) is 12.0. The number of benzene rings is 1. The van der Waals surface area contributed by atoms with Gasteiger partial charge in [0.15, 0.2) is 17.4 Å². The zero-order valence-corrected chi connectivity index (χ0v) is 28.4. The number of aromatic nitrogens is 2. The fourth-order valence-corrected chi connectivity index (χ4v) is 7.17. The summed E-state index contributed by atoms with van der Waals surface area (Å²) in [7, 11) is 0. The summed E-state index contributed by atoms with van der Waals surface area (Å²) in [6.07, 6.45) is 4.77. The van der Waals surface area contributed by atoms with E-state index in [-0.39, 0.29) is 70.0 Å². The molecule has 5 rings (SSSR count). The Labute approximate surface area is 284 Å². The summed E-state index contributed by atoms with van der Waals surface area (Å²) in [6, 6.07) is 2.44. The van der Waals surface area contributed by atoms with Crippen molar-refractivity contribution in [2.45, 2.75) is 52.7 Å². The van der Waals surface area contributed by atoms with E-state index in [1.54, 1.807) is 17.2 Å². The van der Waals surface area contributed by atoms with Crippen molar-refractivity contribution in [3.63, 3.8) is 0 Å². The van der Waals surface area contributed by atoms with E-state index < -0.39 is 44.6 Å². The highest BCUT2D eigenvalue weighted by Crippen LogP contribution is 2.46. The van der Waals surface area contributed by atoms with E-state index in [2.05, 4.69) is 22.9 Å². The number of phenols is 1. The first-order chi connectivity index (χ1) is 22.2. The van der Waals surface area contributed by atoms with E-state index in [0.29, 0.717) is 11.3 Å². The molecule has 3 atom stereocenters. The van der Waals surface area contributed by atoms with E-state index in [9.17, 15) is 24.3 Å². The number of aromatic hydroxyl groups is 1. The largest absolute Gasteiger partial charge is 0.504 e. The molecule has 0 spiro atoms. The molecular weight excluding hydrogens is 673 g/mol. The summed E-state index contributed by atoms with van der Waals surface area (Å²) in [6.45, 7) is 13.5. The topological polar surface area (TPSA) is 114 Å². The summed E-state index contributed by atoms with van der Waals surface area (Å²) in [5.41, 5.74) is -0.329. The third-order valence-electron chi connectivity index (χ3n) is 8.54. The maximum Gasteiger partial charge on any atom is 0.276 e. The SMILES string of the molecule is C=CC(=O)N1[C@H](C)CN(c2c(C#N)c(=O)n(C3=C(C)C=CN[C@@H]3C(C)C)c3nc(-c4c(F)c(Cl)c(F)c(O)c4Cl)c(Cl)cc23)C[C@@H]1C. The Kier molecular flexibility index (Phi) is 9.34. The number of hydrogen-bond acceptors (Lipinski definition) is 7. The molecule has 0 aliphatic carbocycles. The lowest BCUT2D eigenvalue weighted by molar-refractivity contribution is -0.130. The van der Waals surface area contributed by atoms with Crippen LogP contribution in [-0.2, 0) is 4.79 Å². The van der Waals surface area contributed by atoms with Crippen molar-refractivity contribution in [2.24, 2.45) is 5.92 Å². The average Bonchev–Trinajstić information content (AvgIpc) is 3.02. The van der Waals surface area contributed by atoms with Gasteiger partial charge in [0.2, 0.25) is 5.91 Å². The predicted molar refractivity (Wildman–Crippen MR) is 181 cm³/mol. The fourth-order valence-electron chi connectivity index (χ4n) is 6.48. The number of rotatable bonds is 5. The first-order valence-corrected chi connectivity index (χ1v) is 15.9. The molecule has 2 aliphatic heterocycles. The number of allylic oxidation sites excluding steroid dienone is 2. The summed E-state index contributed by atoms with van der Waals surface area (Å²) in [5.74, 6) is -4.16. The number of nitrogens with one attached hydrogen (secondary N) is 1. The highest BCUT2D eigenvalue weighted by atomic mass is 35.5. The van der Waals surface area contributed by atoms with Crippen molar-refractivity contribution in [2.75, 3.05) is 18.0 Å². The first kappa shape index (κ1) is 34.2. The fraction of sp³-hybridized carbons (Fsp3) is 0.333. The van der Waals surface area contributed by atoms with Crippen molar-refractivity contribution in [3.05, 3.63) is 79.2 Å². The second-order valence-corrected chi connectivity index (χ2v) is 13.2. The number of pyridine rings is 2. The van der Waals surface area contributed by atoms with Gasteiger partial charge in [-0.15, -0.1) is 0 Å². The number of piperazine rings is 1. The second kappa shape index (κ2) is 12.8. The maximum atomic E-state index is 15.6. The van der Waals surface area contributed by atoms with Gasteiger partial charge in [0.05, 0.1) is 38.7 Å². The number of carbonyl (C=O) groups is 1. The van der Waals surface area contributed by atoms with Crippen molar-refractivity contribution in [1.29, 1.82) is 5.26 Å². The minimum atomic E-state index is -1.45. The van der Waals surface area contributed by atoms with Crippen LogP contribution in [0.3, 0.4) is 0 Å². The van der Waals surface area contributed by atoms with Gasteiger partial charge in [-0.25, -0.2) is 13.8 Å². The molecule has 0 unspecified atom stereocenters. The van der Waals surface area contributed by atoms with E-state index >= 15 is 4.39 Å². The number of nitrogens with zero attached hydrogens (tertiary/aromatic N) is 5. The number of nitriles is 1. The molecular formula is C33H31Cl3F2N6O3. The molecule has 14 heteroatoms. The third kappa shape index (κ3) is 5.52. The van der Waals surface area contributed by atoms with Gasteiger partial charge in [0.25, 0.3) is 5.56 Å². The van der Waals surface area contributed by atoms with E-state index in [1.165, 1.54) is 16.7 Å². The Morgan fingerprint density at radius 2 is 1.83 bits per heavy atom. The van der Waals surface area contributed by atoms with Crippen LogP contribution in [0.25, 0.3) is 28.0 Å². The number of amides is 1. The Bertz CT molecular complexity index is 1980. The third-order valence-corrected chi connectivity index (χ3v) is 9.53. The quantitative estimate of drug-likeness (QED) is 0.170. The van der Waals surface area contributed by atoms with E-state index in [1.807, 2.05) is 39.5 Å². The van der Waals surface area contributed by atoms with Crippen LogP contribution in [0.1, 0.15) is 40.2 Å². The van der Waals surface area contributed by atoms with Gasteiger partial charge in [-0.05, 0) is 56.7 Å². The van der Waals surface area contributed by atoms with Crippen LogP contribution in [0.2, 0.25) is 15.1 Å². The zero-order valence-electron chi connectivity index (χ0n) is 26.1. The zero-order chi connectivity index (χ0) is 34.6. The number of halogens is 5. The molecule has 4 heterocycles. The summed E-state index contributed by atoms with van der Waals surface area (Å²) >= 11 is 18.9. The summed E-state index contributed by atoms with van der Waals surface area (Å²) in [5, 5.41) is 22.5. The van der Waals surface area contributed by atoms with Crippen molar-refractivity contribution in [1.82, 2.24) is 19.8 Å². The molecule has 1 aromatic carbocycles. The van der Waals surface area contributed by atoms with Gasteiger partial charge in [-0.1, -0.05) is 55.2 Å².